The molecule has 2 N–H and O–H groups in total. The maximum absolute atomic E-state index is 6.19. The third kappa shape index (κ3) is 3.35. The molecule has 0 heterocycles. The Morgan fingerprint density at radius 2 is 2.24 bits per heavy atom. The lowest BCUT2D eigenvalue weighted by Crippen LogP contribution is -2.29. The molecule has 0 saturated heterocycles. The molecule has 0 bridgehead atoms. The summed E-state index contributed by atoms with van der Waals surface area (Å²) in [5.41, 5.74) is 7.79. The number of hydrogen-bond donors (Lipinski definition) is 1. The van der Waals surface area contributed by atoms with E-state index < -0.39 is 0 Å². The first-order valence-corrected chi connectivity index (χ1v) is 6.36. The number of ether oxygens (including phenoxy) is 1. The van der Waals surface area contributed by atoms with Crippen LogP contribution in [0.5, 0.6) is 0 Å². The molecule has 0 amide bonds. The van der Waals surface area contributed by atoms with Gasteiger partial charge in [-0.25, -0.2) is 0 Å². The summed E-state index contributed by atoms with van der Waals surface area (Å²) in [6.07, 6.45) is 2.54. The van der Waals surface area contributed by atoms with Gasteiger partial charge in [-0.05, 0) is 25.0 Å². The van der Waals surface area contributed by atoms with Crippen molar-refractivity contribution < 1.29 is 4.74 Å². The molecule has 1 saturated carbocycles. The first kappa shape index (κ1) is 12.7. The summed E-state index contributed by atoms with van der Waals surface area (Å²) in [6, 6.07) is 6.37. The van der Waals surface area contributed by atoms with Crippen molar-refractivity contribution in [2.45, 2.75) is 25.4 Å². The maximum atomic E-state index is 6.19. The van der Waals surface area contributed by atoms with Gasteiger partial charge in [-0.3, -0.25) is 4.90 Å². The highest BCUT2D eigenvalue weighted by Gasteiger charge is 2.29. The zero-order valence-corrected chi connectivity index (χ0v) is 10.9. The molecule has 1 aliphatic rings. The number of methoxy groups -OCH3 is 1. The van der Waals surface area contributed by atoms with Crippen LogP contribution in [-0.2, 0) is 11.3 Å². The predicted molar refractivity (Wildman–Crippen MR) is 71.2 cm³/mol. The van der Waals surface area contributed by atoms with Gasteiger partial charge in [0.1, 0.15) is 0 Å². The van der Waals surface area contributed by atoms with Crippen molar-refractivity contribution in [2.75, 3.05) is 26.0 Å². The molecular weight excluding hydrogens is 236 g/mol. The van der Waals surface area contributed by atoms with Crippen molar-refractivity contribution in [2.24, 2.45) is 0 Å². The predicted octanol–water partition coefficient (Wildman–Crippen LogP) is 2.53. The second-order valence-electron chi connectivity index (χ2n) is 4.50. The second-order valence-corrected chi connectivity index (χ2v) is 4.91. The highest BCUT2D eigenvalue weighted by atomic mass is 35.5. The van der Waals surface area contributed by atoms with Crippen molar-refractivity contribution in [3.63, 3.8) is 0 Å². The topological polar surface area (TPSA) is 38.5 Å². The van der Waals surface area contributed by atoms with Crippen LogP contribution in [0.25, 0.3) is 0 Å². The Kier molecular flexibility index (Phi) is 4.26. The summed E-state index contributed by atoms with van der Waals surface area (Å²) in [6.45, 7) is 2.51. The highest BCUT2D eigenvalue weighted by Crippen LogP contribution is 2.31. The molecule has 94 valence electrons. The lowest BCUT2D eigenvalue weighted by molar-refractivity contribution is 0.140. The van der Waals surface area contributed by atoms with E-state index in [1.165, 1.54) is 12.8 Å². The average molecular weight is 255 g/mol. The Balaban J connectivity index is 2.06. The van der Waals surface area contributed by atoms with E-state index in [4.69, 9.17) is 22.1 Å². The van der Waals surface area contributed by atoms with Crippen LogP contribution in [0.4, 0.5) is 5.69 Å². The first-order chi connectivity index (χ1) is 8.22. The molecule has 1 aliphatic carbocycles. The van der Waals surface area contributed by atoms with E-state index in [0.29, 0.717) is 6.04 Å². The van der Waals surface area contributed by atoms with Crippen LogP contribution in [0, 0.1) is 0 Å². The summed E-state index contributed by atoms with van der Waals surface area (Å²) in [7, 11) is 1.73. The monoisotopic (exact) mass is 254 g/mol. The molecule has 1 aromatic rings. The molecule has 0 aliphatic heterocycles. The minimum atomic E-state index is 0.681. The summed E-state index contributed by atoms with van der Waals surface area (Å²) in [5.74, 6) is 0. The molecule has 2 rings (SSSR count). The fraction of sp³-hybridized carbons (Fsp3) is 0.538. The molecule has 3 nitrogen and oxygen atoms in total. The zero-order chi connectivity index (χ0) is 12.3. The second kappa shape index (κ2) is 5.71. The summed E-state index contributed by atoms with van der Waals surface area (Å²) < 4.78 is 5.14. The Bertz CT molecular complexity index is 359. The van der Waals surface area contributed by atoms with Gasteiger partial charge >= 0.3 is 0 Å². The van der Waals surface area contributed by atoms with Crippen molar-refractivity contribution in [1.29, 1.82) is 0 Å². The number of halogens is 1. The Morgan fingerprint density at radius 1 is 1.47 bits per heavy atom. The highest BCUT2D eigenvalue weighted by molar-refractivity contribution is 6.31. The number of anilines is 1. The molecule has 0 atom stereocenters. The van der Waals surface area contributed by atoms with Crippen LogP contribution in [0.3, 0.4) is 0 Å². The van der Waals surface area contributed by atoms with E-state index in [0.717, 1.165) is 36.0 Å². The molecule has 0 spiro atoms. The number of nitrogens with zero attached hydrogens (tertiary/aromatic N) is 1. The summed E-state index contributed by atoms with van der Waals surface area (Å²) >= 11 is 6.19. The third-order valence-corrected chi connectivity index (χ3v) is 3.52. The molecule has 17 heavy (non-hydrogen) atoms. The molecule has 0 aromatic heterocycles. The van der Waals surface area contributed by atoms with Crippen LogP contribution in [0.15, 0.2) is 18.2 Å². The number of nitrogens with two attached hydrogens (primary N) is 1. The van der Waals surface area contributed by atoms with Crippen molar-refractivity contribution in [1.82, 2.24) is 4.90 Å². The Labute approximate surface area is 107 Å². The normalized spacial score (nSPS) is 15.5. The number of rotatable bonds is 6. The van der Waals surface area contributed by atoms with Gasteiger partial charge in [-0.2, -0.15) is 0 Å². The van der Waals surface area contributed by atoms with E-state index in [1.807, 2.05) is 18.2 Å². The van der Waals surface area contributed by atoms with Gasteiger partial charge in [0.15, 0.2) is 0 Å². The van der Waals surface area contributed by atoms with Crippen LogP contribution in [0.2, 0.25) is 5.02 Å². The fourth-order valence-electron chi connectivity index (χ4n) is 1.98. The molecule has 1 aromatic carbocycles. The number of hydrogen-bond acceptors (Lipinski definition) is 3. The standard InChI is InChI=1S/C13H19ClN2O/c1-17-8-7-16(10-5-6-10)9-11-12(14)3-2-4-13(11)15/h2-4,10H,5-9,15H2,1H3. The lowest BCUT2D eigenvalue weighted by atomic mass is 10.1. The van der Waals surface area contributed by atoms with Crippen LogP contribution < -0.4 is 5.73 Å². The van der Waals surface area contributed by atoms with E-state index in [1.54, 1.807) is 7.11 Å². The fourth-order valence-corrected chi connectivity index (χ4v) is 2.23. The van der Waals surface area contributed by atoms with Gasteiger partial charge in [0, 0.05) is 42.5 Å². The van der Waals surface area contributed by atoms with Crippen LogP contribution >= 0.6 is 11.6 Å². The minimum Gasteiger partial charge on any atom is -0.398 e. The number of nitrogen functional groups attached to an aromatic ring is 1. The van der Waals surface area contributed by atoms with Gasteiger partial charge in [0.2, 0.25) is 0 Å². The third-order valence-electron chi connectivity index (χ3n) is 3.16. The molecule has 1 fully saturated rings. The van der Waals surface area contributed by atoms with Crippen molar-refractivity contribution in [3.05, 3.63) is 28.8 Å². The maximum Gasteiger partial charge on any atom is 0.0589 e. The summed E-state index contributed by atoms with van der Waals surface area (Å²) in [4.78, 5) is 2.40. The summed E-state index contributed by atoms with van der Waals surface area (Å²) in [5, 5.41) is 0.757. The van der Waals surface area contributed by atoms with Crippen LogP contribution in [-0.4, -0.2) is 31.2 Å². The average Bonchev–Trinajstić information content (AvgIpc) is 3.12. The first-order valence-electron chi connectivity index (χ1n) is 5.98. The van der Waals surface area contributed by atoms with Gasteiger partial charge in [0.25, 0.3) is 0 Å². The Morgan fingerprint density at radius 3 is 2.82 bits per heavy atom. The van der Waals surface area contributed by atoms with Crippen molar-refractivity contribution >= 4 is 17.3 Å². The largest absolute Gasteiger partial charge is 0.398 e. The molecule has 4 heteroatoms. The molecule has 0 radical (unpaired) electrons. The van der Waals surface area contributed by atoms with Crippen LogP contribution in [0.1, 0.15) is 18.4 Å². The molecule has 0 unspecified atom stereocenters. The van der Waals surface area contributed by atoms with Gasteiger partial charge in [0.05, 0.1) is 6.61 Å². The van der Waals surface area contributed by atoms with Gasteiger partial charge in [-0.1, -0.05) is 17.7 Å². The van der Waals surface area contributed by atoms with E-state index >= 15 is 0 Å². The van der Waals surface area contributed by atoms with E-state index in [-0.39, 0.29) is 0 Å². The smallest absolute Gasteiger partial charge is 0.0589 e. The SMILES string of the molecule is COCCN(Cc1c(N)cccc1Cl)C1CC1. The lowest BCUT2D eigenvalue weighted by Gasteiger charge is -2.23. The number of benzene rings is 1. The quantitative estimate of drug-likeness (QED) is 0.793. The minimum absolute atomic E-state index is 0.681. The van der Waals surface area contributed by atoms with E-state index in [9.17, 15) is 0 Å². The van der Waals surface area contributed by atoms with E-state index in [2.05, 4.69) is 4.90 Å². The van der Waals surface area contributed by atoms with Gasteiger partial charge in [-0.15, -0.1) is 0 Å². The van der Waals surface area contributed by atoms with Crippen molar-refractivity contribution in [3.8, 4) is 0 Å². The van der Waals surface area contributed by atoms with Gasteiger partial charge < -0.3 is 10.5 Å². The Hall–Kier alpha value is -0.770. The zero-order valence-electron chi connectivity index (χ0n) is 10.2. The molecular formula is C13H19ClN2O.